The number of aryl methyl sites for hydroxylation is 1. The van der Waals surface area contributed by atoms with Crippen molar-refractivity contribution in [3.8, 4) is 17.2 Å². The normalized spacial score (nSPS) is 27.7. The van der Waals surface area contributed by atoms with E-state index in [0.29, 0.717) is 29.5 Å². The lowest BCUT2D eigenvalue weighted by Crippen LogP contribution is -2.42. The first-order chi connectivity index (χ1) is 21.9. The third-order valence-electron chi connectivity index (χ3n) is 10.1. The Balaban J connectivity index is 1.14. The van der Waals surface area contributed by atoms with Crippen molar-refractivity contribution in [1.29, 1.82) is 0 Å². The molecule has 0 radical (unpaired) electrons. The smallest absolute Gasteiger partial charge is 0.305 e. The Kier molecular flexibility index (Phi) is 6.83. The van der Waals surface area contributed by atoms with Gasteiger partial charge >= 0.3 is 4.87 Å². The average molecular weight is 641 g/mol. The second kappa shape index (κ2) is 10.8. The number of nitrogens with one attached hydrogen (secondary N) is 1. The predicted octanol–water partition coefficient (Wildman–Crippen LogP) is 6.02. The zero-order valence-electron chi connectivity index (χ0n) is 25.0. The number of thioether (sulfide) groups is 1. The average Bonchev–Trinajstić information content (AvgIpc) is 3.79. The van der Waals surface area contributed by atoms with E-state index >= 15 is 0 Å². The van der Waals surface area contributed by atoms with E-state index in [4.69, 9.17) is 14.2 Å². The van der Waals surface area contributed by atoms with E-state index in [0.717, 1.165) is 27.5 Å². The molecule has 45 heavy (non-hydrogen) atoms. The minimum Gasteiger partial charge on any atom is -0.497 e. The minimum absolute atomic E-state index is 0.0239. The number of methoxy groups -OCH3 is 2. The van der Waals surface area contributed by atoms with Crippen LogP contribution in [-0.4, -0.2) is 36.3 Å². The number of hydrogen-bond donors (Lipinski definition) is 1. The van der Waals surface area contributed by atoms with E-state index in [1.54, 1.807) is 50.2 Å². The third kappa shape index (κ3) is 4.44. The van der Waals surface area contributed by atoms with Crippen molar-refractivity contribution in [2.24, 2.45) is 29.6 Å². The van der Waals surface area contributed by atoms with Gasteiger partial charge in [0.05, 0.1) is 36.8 Å². The van der Waals surface area contributed by atoms with Crippen molar-refractivity contribution in [3.63, 3.8) is 0 Å². The number of amides is 2. The molecule has 2 amide bonds. The summed E-state index contributed by atoms with van der Waals surface area (Å²) in [6.07, 6.45) is 0.829. The van der Waals surface area contributed by atoms with Crippen molar-refractivity contribution in [2.45, 2.75) is 36.1 Å². The van der Waals surface area contributed by atoms with Gasteiger partial charge in [0.25, 0.3) is 0 Å². The number of rotatable bonds is 7. The van der Waals surface area contributed by atoms with Gasteiger partial charge in [0, 0.05) is 16.0 Å². The van der Waals surface area contributed by atoms with Gasteiger partial charge in [-0.2, -0.15) is 0 Å². The molecule has 8 rings (SSSR count). The zero-order chi connectivity index (χ0) is 31.0. The van der Waals surface area contributed by atoms with Crippen molar-refractivity contribution in [2.75, 3.05) is 19.1 Å². The van der Waals surface area contributed by atoms with Gasteiger partial charge in [-0.05, 0) is 78.6 Å². The zero-order valence-corrected chi connectivity index (χ0v) is 26.7. The summed E-state index contributed by atoms with van der Waals surface area (Å²) in [5, 5.41) is 0.984. The van der Waals surface area contributed by atoms with E-state index in [1.807, 2.05) is 24.3 Å². The van der Waals surface area contributed by atoms with Crippen LogP contribution in [0.2, 0.25) is 0 Å². The number of carbonyl (C=O) groups is 2. The maximum absolute atomic E-state index is 14.0. The molecule has 0 spiro atoms. The van der Waals surface area contributed by atoms with Crippen LogP contribution in [0.5, 0.6) is 17.2 Å². The number of aromatic nitrogens is 1. The number of nitrogens with zero attached hydrogens (tertiary/aromatic N) is 1. The molecule has 1 aromatic heterocycles. The summed E-state index contributed by atoms with van der Waals surface area (Å²) >= 11 is 2.93. The molecule has 4 aliphatic rings. The summed E-state index contributed by atoms with van der Waals surface area (Å²) in [6, 6.07) is 21.4. The molecule has 3 aromatic carbocycles. The molecule has 1 N–H and O–H groups in total. The number of H-pyrrole nitrogens is 1. The predicted molar refractivity (Wildman–Crippen MR) is 172 cm³/mol. The highest BCUT2D eigenvalue weighted by Crippen LogP contribution is 2.68. The summed E-state index contributed by atoms with van der Waals surface area (Å²) in [5.74, 6) is 1.05. The Morgan fingerprint density at radius 1 is 0.889 bits per heavy atom. The number of thiazole rings is 1. The van der Waals surface area contributed by atoms with Crippen LogP contribution >= 0.6 is 23.1 Å². The number of anilines is 1. The van der Waals surface area contributed by atoms with E-state index in [-0.39, 0.29) is 57.4 Å². The molecule has 8 nitrogen and oxygen atoms in total. The molecule has 2 bridgehead atoms. The molecule has 230 valence electrons. The Morgan fingerprint density at radius 2 is 1.67 bits per heavy atom. The second-order valence-electron chi connectivity index (χ2n) is 12.4. The van der Waals surface area contributed by atoms with Crippen molar-refractivity contribution < 1.29 is 23.8 Å². The van der Waals surface area contributed by atoms with Crippen LogP contribution < -0.4 is 24.0 Å². The lowest BCUT2D eigenvalue weighted by molar-refractivity contribution is -0.123. The van der Waals surface area contributed by atoms with Crippen molar-refractivity contribution in [3.05, 3.63) is 98.0 Å². The summed E-state index contributed by atoms with van der Waals surface area (Å²) in [4.78, 5) is 46.0. The molecule has 3 heterocycles. The Morgan fingerprint density at radius 3 is 2.40 bits per heavy atom. The van der Waals surface area contributed by atoms with Crippen LogP contribution in [0.25, 0.3) is 0 Å². The van der Waals surface area contributed by atoms with Crippen LogP contribution in [0.3, 0.4) is 0 Å². The number of imide groups is 1. The first-order valence-electron chi connectivity index (χ1n) is 15.1. The van der Waals surface area contributed by atoms with Gasteiger partial charge in [0.15, 0.2) is 11.5 Å². The number of hydrogen-bond acceptors (Lipinski definition) is 8. The Hall–Kier alpha value is -4.02. The fraction of sp³-hybridized carbons (Fsp3) is 0.343. The minimum atomic E-state index is -0.370. The van der Waals surface area contributed by atoms with Gasteiger partial charge in [-0.3, -0.25) is 19.3 Å². The standard InChI is InChI=1S/C35H32N2O6S2/c1-17-5-4-6-18(13-17)16-43-24-12-7-19(14-25(24)42-3)26-27-22-15-23(30(27)44-32-31(26)45-35(40)36-32)29-28(22)33(38)37(34(29)39)20-8-10-21(41-2)11-9-20/h4-14,22-23,26-30H,15-16H2,1-3H3,(H,36,40)/t22-,23-,26?,27?,28?,29?,30?/m1/s1. The van der Waals surface area contributed by atoms with E-state index in [1.165, 1.54) is 21.8 Å². The van der Waals surface area contributed by atoms with E-state index < -0.39 is 0 Å². The fourth-order valence-electron chi connectivity index (χ4n) is 8.34. The highest BCUT2D eigenvalue weighted by atomic mass is 32.2. The van der Waals surface area contributed by atoms with Gasteiger partial charge in [0.2, 0.25) is 11.8 Å². The van der Waals surface area contributed by atoms with Gasteiger partial charge in [-0.15, -0.1) is 11.8 Å². The highest BCUT2D eigenvalue weighted by Gasteiger charge is 2.69. The quantitative estimate of drug-likeness (QED) is 0.247. The molecule has 10 heteroatoms. The van der Waals surface area contributed by atoms with Gasteiger partial charge in [-0.25, -0.2) is 0 Å². The fourth-order valence-corrected chi connectivity index (χ4v) is 11.2. The van der Waals surface area contributed by atoms with E-state index in [9.17, 15) is 14.4 Å². The summed E-state index contributed by atoms with van der Waals surface area (Å²) in [6.45, 7) is 2.47. The van der Waals surface area contributed by atoms with Gasteiger partial charge in [-0.1, -0.05) is 47.2 Å². The SMILES string of the molecule is COc1ccc(N2C(=O)C3C(C2=O)[C@@H]2C[C@H]3C3Sc4[nH]c(=O)sc4C(c4ccc(OCc5cccc(C)c5)c(OC)c4)C32)cc1. The van der Waals surface area contributed by atoms with Crippen LogP contribution in [0.4, 0.5) is 5.69 Å². The number of ether oxygens (including phenoxy) is 3. The Labute approximate surface area is 268 Å². The van der Waals surface area contributed by atoms with Gasteiger partial charge < -0.3 is 19.2 Å². The molecule has 4 aromatic rings. The molecule has 1 saturated heterocycles. The van der Waals surface area contributed by atoms with Crippen LogP contribution in [0.15, 0.2) is 76.6 Å². The summed E-state index contributed by atoms with van der Waals surface area (Å²) < 4.78 is 17.3. The molecular weight excluding hydrogens is 609 g/mol. The molecule has 3 fully saturated rings. The highest BCUT2D eigenvalue weighted by molar-refractivity contribution is 8.00. The first kappa shape index (κ1) is 28.5. The number of benzene rings is 3. The molecule has 2 aliphatic heterocycles. The van der Waals surface area contributed by atoms with Crippen molar-refractivity contribution >= 4 is 40.6 Å². The maximum atomic E-state index is 14.0. The topological polar surface area (TPSA) is 97.9 Å². The monoisotopic (exact) mass is 640 g/mol. The molecule has 2 saturated carbocycles. The lowest BCUT2D eigenvalue weighted by Gasteiger charge is -2.43. The number of fused-ring (bicyclic) bond motifs is 9. The second-order valence-corrected chi connectivity index (χ2v) is 14.6. The maximum Gasteiger partial charge on any atom is 0.305 e. The summed E-state index contributed by atoms with van der Waals surface area (Å²) in [5.41, 5.74) is 3.86. The molecule has 7 atom stereocenters. The lowest BCUT2D eigenvalue weighted by atomic mass is 9.68. The van der Waals surface area contributed by atoms with Crippen LogP contribution in [-0.2, 0) is 16.2 Å². The van der Waals surface area contributed by atoms with Crippen LogP contribution in [0, 0.1) is 36.5 Å². The number of carbonyl (C=O) groups excluding carboxylic acids is 2. The first-order valence-corrected chi connectivity index (χ1v) is 16.8. The largest absolute Gasteiger partial charge is 0.497 e. The van der Waals surface area contributed by atoms with E-state index in [2.05, 4.69) is 30.1 Å². The summed E-state index contributed by atoms with van der Waals surface area (Å²) in [7, 11) is 3.23. The Bertz CT molecular complexity index is 1880. The van der Waals surface area contributed by atoms with Crippen LogP contribution in [0.1, 0.15) is 33.9 Å². The molecule has 5 unspecified atom stereocenters. The van der Waals surface area contributed by atoms with Gasteiger partial charge in [0.1, 0.15) is 12.4 Å². The number of aromatic amines is 1. The van der Waals surface area contributed by atoms with Crippen molar-refractivity contribution in [1.82, 2.24) is 4.98 Å². The third-order valence-corrected chi connectivity index (χ3v) is 12.7. The molecule has 2 aliphatic carbocycles. The molecular formula is C35H32N2O6S2.